The Kier molecular flexibility index (Phi) is 7.64. The number of hydrogen-bond donors (Lipinski definition) is 3. The molecule has 0 aliphatic carbocycles. The van der Waals surface area contributed by atoms with Crippen molar-refractivity contribution in [2.75, 3.05) is 44.4 Å². The first-order chi connectivity index (χ1) is 20.8. The van der Waals surface area contributed by atoms with E-state index in [2.05, 4.69) is 45.4 Å². The van der Waals surface area contributed by atoms with Gasteiger partial charge in [-0.05, 0) is 49.9 Å². The van der Waals surface area contributed by atoms with E-state index in [0.29, 0.717) is 23.3 Å². The van der Waals surface area contributed by atoms with Crippen LogP contribution in [-0.2, 0) is 6.54 Å². The van der Waals surface area contributed by atoms with Crippen LogP contribution in [0.3, 0.4) is 0 Å². The van der Waals surface area contributed by atoms with E-state index in [9.17, 15) is 9.18 Å². The SMILES string of the molecule is COc1ccc(F)cc1C(=O)NCc1ccc(-c2ncc(-c3ccc(N4CCN(C)C[C@@H]4C)cn3)c3[nH]nc(N)c23)cc1. The number of H-pyrrole nitrogens is 1. The van der Waals surface area contributed by atoms with Crippen LogP contribution in [0.5, 0.6) is 5.75 Å². The molecule has 4 heterocycles. The van der Waals surface area contributed by atoms with Crippen molar-refractivity contribution in [2.45, 2.75) is 19.5 Å². The van der Waals surface area contributed by atoms with E-state index in [1.165, 1.54) is 19.2 Å². The highest BCUT2D eigenvalue weighted by atomic mass is 19.1. The Balaban J connectivity index is 1.21. The minimum atomic E-state index is -0.508. The van der Waals surface area contributed by atoms with Gasteiger partial charge in [0.05, 0.1) is 46.8 Å². The van der Waals surface area contributed by atoms with Crippen molar-refractivity contribution in [3.63, 3.8) is 0 Å². The number of nitrogens with zero attached hydrogens (tertiary/aromatic N) is 5. The first kappa shape index (κ1) is 28.1. The molecule has 0 unspecified atom stereocenters. The number of nitrogen functional groups attached to an aromatic ring is 1. The minimum absolute atomic E-state index is 0.138. The molecule has 43 heavy (non-hydrogen) atoms. The van der Waals surface area contributed by atoms with E-state index in [4.69, 9.17) is 20.4 Å². The van der Waals surface area contributed by atoms with Crippen molar-refractivity contribution < 1.29 is 13.9 Å². The fraction of sp³-hybridized carbons (Fsp3) is 0.250. The monoisotopic (exact) mass is 580 g/mol. The quantitative estimate of drug-likeness (QED) is 0.257. The van der Waals surface area contributed by atoms with Crippen LogP contribution in [0, 0.1) is 5.82 Å². The Bertz CT molecular complexity index is 1770. The number of fused-ring (bicyclic) bond motifs is 1. The Morgan fingerprint density at radius 1 is 1.12 bits per heavy atom. The summed E-state index contributed by atoms with van der Waals surface area (Å²) < 4.78 is 18.9. The number of methoxy groups -OCH3 is 1. The normalized spacial score (nSPS) is 15.5. The average molecular weight is 581 g/mol. The fourth-order valence-electron chi connectivity index (χ4n) is 5.62. The van der Waals surface area contributed by atoms with Crippen LogP contribution in [0.2, 0.25) is 0 Å². The molecule has 10 nitrogen and oxygen atoms in total. The number of pyridine rings is 2. The number of hydrogen-bond acceptors (Lipinski definition) is 8. The Morgan fingerprint density at radius 3 is 2.65 bits per heavy atom. The molecule has 1 fully saturated rings. The van der Waals surface area contributed by atoms with Gasteiger partial charge in [-0.2, -0.15) is 5.10 Å². The molecule has 6 rings (SSSR count). The van der Waals surface area contributed by atoms with Gasteiger partial charge in [0.15, 0.2) is 5.82 Å². The zero-order valence-corrected chi connectivity index (χ0v) is 24.3. The third-order valence-corrected chi connectivity index (χ3v) is 7.90. The van der Waals surface area contributed by atoms with Crippen molar-refractivity contribution in [3.8, 4) is 28.3 Å². The van der Waals surface area contributed by atoms with Gasteiger partial charge in [0.2, 0.25) is 0 Å². The van der Waals surface area contributed by atoms with Crippen LogP contribution in [0.25, 0.3) is 33.4 Å². The van der Waals surface area contributed by atoms with Gasteiger partial charge in [0.1, 0.15) is 11.6 Å². The van der Waals surface area contributed by atoms with Crippen LogP contribution in [0.4, 0.5) is 15.9 Å². The van der Waals surface area contributed by atoms with Gasteiger partial charge in [0.25, 0.3) is 5.91 Å². The van der Waals surface area contributed by atoms with Crippen molar-refractivity contribution in [2.24, 2.45) is 0 Å². The van der Waals surface area contributed by atoms with E-state index < -0.39 is 11.7 Å². The second-order valence-electron chi connectivity index (χ2n) is 10.8. The molecule has 0 bridgehead atoms. The Morgan fingerprint density at radius 2 is 1.93 bits per heavy atom. The number of benzene rings is 2. The van der Waals surface area contributed by atoms with Gasteiger partial charge < -0.3 is 25.6 Å². The van der Waals surface area contributed by atoms with Gasteiger partial charge in [0, 0.05) is 49.5 Å². The van der Waals surface area contributed by atoms with E-state index >= 15 is 0 Å². The summed E-state index contributed by atoms with van der Waals surface area (Å²) in [5.41, 5.74) is 12.3. The molecule has 1 saturated heterocycles. The summed E-state index contributed by atoms with van der Waals surface area (Å²) in [4.78, 5) is 26.9. The molecule has 220 valence electrons. The molecule has 4 N–H and O–H groups in total. The summed E-state index contributed by atoms with van der Waals surface area (Å²) in [7, 11) is 3.59. The molecule has 0 saturated carbocycles. The number of piperazine rings is 1. The topological polar surface area (TPSA) is 125 Å². The summed E-state index contributed by atoms with van der Waals surface area (Å²) in [6.45, 7) is 5.48. The molecular weight excluding hydrogens is 547 g/mol. The number of rotatable bonds is 7. The third kappa shape index (κ3) is 5.59. The lowest BCUT2D eigenvalue weighted by Gasteiger charge is -2.39. The maximum atomic E-state index is 13.7. The summed E-state index contributed by atoms with van der Waals surface area (Å²) in [6.07, 6.45) is 3.70. The molecule has 1 aliphatic heterocycles. The van der Waals surface area contributed by atoms with Gasteiger partial charge in [-0.15, -0.1) is 0 Å². The van der Waals surface area contributed by atoms with Gasteiger partial charge >= 0.3 is 0 Å². The summed E-state index contributed by atoms with van der Waals surface area (Å²) in [6, 6.07) is 16.0. The van der Waals surface area contributed by atoms with Crippen LogP contribution in [0.1, 0.15) is 22.8 Å². The fourth-order valence-corrected chi connectivity index (χ4v) is 5.62. The number of amides is 1. The van der Waals surface area contributed by atoms with Gasteiger partial charge in [-0.25, -0.2) is 4.39 Å². The number of aromatic nitrogens is 4. The second-order valence-corrected chi connectivity index (χ2v) is 10.8. The number of aromatic amines is 1. The van der Waals surface area contributed by atoms with Crippen LogP contribution >= 0.6 is 0 Å². The average Bonchev–Trinajstić information content (AvgIpc) is 3.41. The maximum Gasteiger partial charge on any atom is 0.255 e. The number of nitrogens with two attached hydrogens (primary N) is 1. The van der Waals surface area contributed by atoms with Crippen LogP contribution in [0.15, 0.2) is 67.0 Å². The molecule has 1 atom stereocenters. The largest absolute Gasteiger partial charge is 0.496 e. The molecule has 0 spiro atoms. The Labute approximate surface area is 248 Å². The maximum absolute atomic E-state index is 13.7. The highest BCUT2D eigenvalue weighted by Gasteiger charge is 2.23. The van der Waals surface area contributed by atoms with E-state index in [1.807, 2.05) is 36.5 Å². The Hall–Kier alpha value is -5.03. The zero-order valence-electron chi connectivity index (χ0n) is 24.3. The van der Waals surface area contributed by atoms with E-state index in [0.717, 1.165) is 64.7 Å². The minimum Gasteiger partial charge on any atom is -0.496 e. The number of ether oxygens (including phenoxy) is 1. The lowest BCUT2D eigenvalue weighted by Crippen LogP contribution is -2.50. The molecule has 1 aliphatic rings. The van der Waals surface area contributed by atoms with Crippen LogP contribution in [-0.4, -0.2) is 70.8 Å². The number of carbonyl (C=O) groups is 1. The lowest BCUT2D eigenvalue weighted by molar-refractivity contribution is 0.0947. The highest BCUT2D eigenvalue weighted by Crippen LogP contribution is 2.35. The lowest BCUT2D eigenvalue weighted by atomic mass is 10.0. The first-order valence-corrected chi connectivity index (χ1v) is 14.1. The molecule has 0 radical (unpaired) electrons. The molecule has 5 aromatic rings. The summed E-state index contributed by atoms with van der Waals surface area (Å²) in [5.74, 6) is -0.277. The molecule has 2 aromatic carbocycles. The number of nitrogens with one attached hydrogen (secondary N) is 2. The van der Waals surface area contributed by atoms with Crippen molar-refractivity contribution >= 4 is 28.3 Å². The first-order valence-electron chi connectivity index (χ1n) is 14.1. The van der Waals surface area contributed by atoms with E-state index in [1.54, 1.807) is 6.20 Å². The van der Waals surface area contributed by atoms with E-state index in [-0.39, 0.29) is 12.1 Å². The standard InChI is InChI=1S/C32H33FN8O2/c1-19-18-40(2)12-13-41(19)23-9-10-26(35-16-23)25-17-36-29(28-30(25)38-39-31(28)34)21-6-4-20(5-7-21)15-37-32(42)24-14-22(33)8-11-27(24)43-3/h4-11,14,16-17,19H,12-13,15,18H2,1-3H3,(H,37,42)(H3,34,38,39)/t19-/m0/s1. The summed E-state index contributed by atoms with van der Waals surface area (Å²) >= 11 is 0. The highest BCUT2D eigenvalue weighted by molar-refractivity contribution is 6.05. The number of halogens is 1. The molecule has 11 heteroatoms. The molecular formula is C32H33FN8O2. The van der Waals surface area contributed by atoms with Crippen molar-refractivity contribution in [3.05, 3.63) is 83.9 Å². The summed E-state index contributed by atoms with van der Waals surface area (Å²) in [5, 5.41) is 10.9. The predicted molar refractivity (Wildman–Crippen MR) is 165 cm³/mol. The smallest absolute Gasteiger partial charge is 0.255 e. The molecule has 3 aromatic heterocycles. The van der Waals surface area contributed by atoms with Crippen molar-refractivity contribution in [1.82, 2.24) is 30.4 Å². The van der Waals surface area contributed by atoms with Crippen LogP contribution < -0.4 is 20.7 Å². The zero-order chi connectivity index (χ0) is 30.1. The van der Waals surface area contributed by atoms with Gasteiger partial charge in [-0.3, -0.25) is 19.9 Å². The second kappa shape index (κ2) is 11.7. The number of anilines is 2. The van der Waals surface area contributed by atoms with Gasteiger partial charge in [-0.1, -0.05) is 24.3 Å². The number of carbonyl (C=O) groups excluding carboxylic acids is 1. The number of likely N-dealkylation sites (N-methyl/N-ethyl adjacent to an activating group) is 1. The van der Waals surface area contributed by atoms with Crippen molar-refractivity contribution in [1.29, 1.82) is 0 Å². The molecule has 1 amide bonds. The predicted octanol–water partition coefficient (Wildman–Crippen LogP) is 4.49. The third-order valence-electron chi connectivity index (χ3n) is 7.90.